The predicted molar refractivity (Wildman–Crippen MR) is 121 cm³/mol. The number of aliphatic hydroxyl groups is 2. The Kier molecular flexibility index (Phi) is 4.97. The summed E-state index contributed by atoms with van der Waals surface area (Å²) in [7, 11) is 3.02. The lowest BCUT2D eigenvalue weighted by Gasteiger charge is -2.38. The molecule has 10 nitrogen and oxygen atoms in total. The van der Waals surface area contributed by atoms with Crippen molar-refractivity contribution < 1.29 is 24.4 Å². The lowest BCUT2D eigenvalue weighted by Crippen LogP contribution is -2.50. The van der Waals surface area contributed by atoms with Gasteiger partial charge in [-0.15, -0.1) is 6.42 Å². The third-order valence-electron chi connectivity index (χ3n) is 6.44. The van der Waals surface area contributed by atoms with Crippen molar-refractivity contribution in [2.24, 2.45) is 0 Å². The van der Waals surface area contributed by atoms with E-state index in [1.54, 1.807) is 30.3 Å². The van der Waals surface area contributed by atoms with Crippen LogP contribution in [0.3, 0.4) is 0 Å². The Labute approximate surface area is 194 Å². The van der Waals surface area contributed by atoms with Gasteiger partial charge in [0, 0.05) is 5.56 Å². The number of rotatable bonds is 6. The van der Waals surface area contributed by atoms with E-state index in [-0.39, 0.29) is 35.2 Å². The average Bonchev–Trinajstić information content (AvgIpc) is 3.25. The minimum absolute atomic E-state index is 0.0412. The molecule has 0 unspecified atom stereocenters. The Bertz CT molecular complexity index is 1370. The van der Waals surface area contributed by atoms with Gasteiger partial charge in [0.2, 0.25) is 11.8 Å². The number of benzene rings is 1. The van der Waals surface area contributed by atoms with E-state index in [1.807, 2.05) is 0 Å². The van der Waals surface area contributed by atoms with Gasteiger partial charge < -0.3 is 29.7 Å². The van der Waals surface area contributed by atoms with Crippen molar-refractivity contribution in [1.82, 2.24) is 15.0 Å². The number of aromatic nitrogens is 3. The van der Waals surface area contributed by atoms with Gasteiger partial charge in [0.25, 0.3) is 5.56 Å². The summed E-state index contributed by atoms with van der Waals surface area (Å²) in [6, 6.07) is 8.44. The summed E-state index contributed by atoms with van der Waals surface area (Å²) in [6.07, 6.45) is 6.79. The molecule has 2 aliphatic rings. The minimum Gasteiger partial charge on any atom is -0.497 e. The van der Waals surface area contributed by atoms with E-state index in [1.165, 1.54) is 20.4 Å². The van der Waals surface area contributed by atoms with Crippen molar-refractivity contribution in [3.8, 4) is 29.7 Å². The standard InChI is InChI=1S/C24H22N4O6/c1-4-9-25-22-27-19-18(20(30)28-22)17(12-29)24(13-5-7-14(32-2)8-6-13)23(19,31)16-10-15(33-3)11-26-21(16)34-24/h1,5-8,10-11,17,29,31H,9,12H2,2-3H3,(H2,25,27,28,30)/t17-,23+,24+/m1/s1. The number of pyridine rings is 1. The largest absolute Gasteiger partial charge is 0.497 e. The first-order valence-corrected chi connectivity index (χ1v) is 10.5. The van der Waals surface area contributed by atoms with E-state index in [0.29, 0.717) is 17.1 Å². The first-order chi connectivity index (χ1) is 16.4. The van der Waals surface area contributed by atoms with Crippen LogP contribution in [-0.2, 0) is 11.2 Å². The van der Waals surface area contributed by atoms with Crippen LogP contribution in [0.1, 0.15) is 28.3 Å². The Morgan fingerprint density at radius 1 is 1.26 bits per heavy atom. The molecule has 0 spiro atoms. The zero-order valence-corrected chi connectivity index (χ0v) is 18.5. The number of methoxy groups -OCH3 is 2. The Hall–Kier alpha value is -4.07. The van der Waals surface area contributed by atoms with Crippen LogP contribution in [0.5, 0.6) is 17.4 Å². The molecule has 0 radical (unpaired) electrons. The normalized spacial score (nSPS) is 23.8. The van der Waals surface area contributed by atoms with Gasteiger partial charge in [-0.2, -0.15) is 0 Å². The summed E-state index contributed by atoms with van der Waals surface area (Å²) in [5.74, 6) is 2.64. The fourth-order valence-electron chi connectivity index (χ4n) is 4.97. The molecule has 4 N–H and O–H groups in total. The predicted octanol–water partition coefficient (Wildman–Crippen LogP) is 0.840. The number of H-pyrrole nitrogens is 1. The van der Waals surface area contributed by atoms with Gasteiger partial charge in [0.15, 0.2) is 11.2 Å². The van der Waals surface area contributed by atoms with E-state index in [0.717, 1.165) is 0 Å². The molecule has 0 saturated heterocycles. The van der Waals surface area contributed by atoms with Gasteiger partial charge >= 0.3 is 0 Å². The Morgan fingerprint density at radius 2 is 2.00 bits per heavy atom. The first kappa shape index (κ1) is 21.8. The first-order valence-electron chi connectivity index (χ1n) is 10.5. The van der Waals surface area contributed by atoms with Gasteiger partial charge in [-0.25, -0.2) is 9.97 Å². The van der Waals surface area contributed by atoms with Crippen LogP contribution in [-0.4, -0.2) is 52.5 Å². The van der Waals surface area contributed by atoms with Crippen molar-refractivity contribution in [3.05, 3.63) is 69.3 Å². The highest BCUT2D eigenvalue weighted by Crippen LogP contribution is 2.65. The summed E-state index contributed by atoms with van der Waals surface area (Å²) in [6.45, 7) is -0.399. The maximum Gasteiger partial charge on any atom is 0.256 e. The number of aliphatic hydroxyl groups excluding tert-OH is 1. The van der Waals surface area contributed by atoms with E-state index in [4.69, 9.17) is 20.6 Å². The third-order valence-corrected chi connectivity index (χ3v) is 6.44. The number of ether oxygens (including phenoxy) is 3. The summed E-state index contributed by atoms with van der Waals surface area (Å²) in [5.41, 5.74) is -3.23. The molecule has 2 aromatic heterocycles. The number of nitrogens with zero attached hydrogens (tertiary/aromatic N) is 2. The molecule has 1 aromatic carbocycles. The van der Waals surface area contributed by atoms with Crippen LogP contribution in [0.15, 0.2) is 41.3 Å². The Morgan fingerprint density at radius 3 is 2.65 bits per heavy atom. The molecular weight excluding hydrogens is 440 g/mol. The highest BCUT2D eigenvalue weighted by atomic mass is 16.5. The summed E-state index contributed by atoms with van der Waals surface area (Å²) >= 11 is 0. The van der Waals surface area contributed by atoms with E-state index < -0.39 is 29.3 Å². The second-order valence-corrected chi connectivity index (χ2v) is 7.97. The lowest BCUT2D eigenvalue weighted by atomic mass is 9.72. The van der Waals surface area contributed by atoms with Crippen LogP contribution < -0.4 is 25.1 Å². The lowest BCUT2D eigenvalue weighted by molar-refractivity contribution is -0.105. The SMILES string of the molecule is C#CCNc1nc2c(c(=O)[nH]1)[C@@H](CO)[C@]1(c3ccc(OC)cc3)Oc3ncc(OC)cc3[C@]21O. The molecule has 0 bridgehead atoms. The van der Waals surface area contributed by atoms with Crippen molar-refractivity contribution in [2.45, 2.75) is 17.1 Å². The minimum atomic E-state index is -1.98. The average molecular weight is 462 g/mol. The quantitative estimate of drug-likeness (QED) is 0.393. The number of hydrogen-bond donors (Lipinski definition) is 4. The fraction of sp³-hybridized carbons (Fsp3) is 0.292. The van der Waals surface area contributed by atoms with E-state index in [9.17, 15) is 15.0 Å². The second-order valence-electron chi connectivity index (χ2n) is 7.97. The number of hydrogen-bond acceptors (Lipinski definition) is 9. The molecule has 0 amide bonds. The maximum atomic E-state index is 13.2. The molecule has 1 aliphatic carbocycles. The molecule has 10 heteroatoms. The van der Waals surface area contributed by atoms with Crippen LogP contribution >= 0.6 is 0 Å². The summed E-state index contributed by atoms with van der Waals surface area (Å²) in [5, 5.41) is 25.9. The fourth-order valence-corrected chi connectivity index (χ4v) is 4.97. The topological polar surface area (TPSA) is 139 Å². The Balaban J connectivity index is 1.85. The van der Waals surface area contributed by atoms with Crippen LogP contribution in [0.4, 0.5) is 5.95 Å². The van der Waals surface area contributed by atoms with Gasteiger partial charge in [-0.05, 0) is 18.2 Å². The highest BCUT2D eigenvalue weighted by molar-refractivity contribution is 5.61. The van der Waals surface area contributed by atoms with Crippen molar-refractivity contribution >= 4 is 5.95 Å². The van der Waals surface area contributed by atoms with Crippen molar-refractivity contribution in [2.75, 3.05) is 32.7 Å². The third kappa shape index (κ3) is 2.68. The van der Waals surface area contributed by atoms with E-state index in [2.05, 4.69) is 26.2 Å². The zero-order chi connectivity index (χ0) is 24.1. The molecule has 34 heavy (non-hydrogen) atoms. The monoisotopic (exact) mass is 462 g/mol. The second kappa shape index (κ2) is 7.76. The van der Waals surface area contributed by atoms with E-state index >= 15 is 0 Å². The number of nitrogens with one attached hydrogen (secondary N) is 2. The molecular formula is C24H22N4O6. The van der Waals surface area contributed by atoms with Crippen molar-refractivity contribution in [3.63, 3.8) is 0 Å². The number of terminal acetylenes is 1. The summed E-state index contributed by atoms with van der Waals surface area (Å²) in [4.78, 5) is 24.7. The molecule has 174 valence electrons. The molecule has 5 rings (SSSR count). The maximum absolute atomic E-state index is 13.2. The van der Waals surface area contributed by atoms with Gasteiger partial charge in [-0.3, -0.25) is 9.78 Å². The van der Waals surface area contributed by atoms with Crippen molar-refractivity contribution in [1.29, 1.82) is 0 Å². The van der Waals surface area contributed by atoms with Gasteiger partial charge in [0.1, 0.15) is 11.5 Å². The van der Waals surface area contributed by atoms with Crippen LogP contribution in [0, 0.1) is 12.3 Å². The van der Waals surface area contributed by atoms with Gasteiger partial charge in [-0.1, -0.05) is 18.1 Å². The number of anilines is 1. The molecule has 0 saturated carbocycles. The van der Waals surface area contributed by atoms with Gasteiger partial charge in [0.05, 0.1) is 56.3 Å². The number of aromatic amines is 1. The number of fused-ring (bicyclic) bond motifs is 5. The molecule has 3 atom stereocenters. The molecule has 3 heterocycles. The van der Waals surface area contributed by atoms with Crippen LogP contribution in [0.2, 0.25) is 0 Å². The smallest absolute Gasteiger partial charge is 0.256 e. The summed E-state index contributed by atoms with van der Waals surface area (Å²) < 4.78 is 17.0. The van der Waals surface area contributed by atoms with Crippen LogP contribution in [0.25, 0.3) is 0 Å². The zero-order valence-electron chi connectivity index (χ0n) is 18.5. The molecule has 1 aliphatic heterocycles. The highest BCUT2D eigenvalue weighted by Gasteiger charge is 2.73. The molecule has 0 fully saturated rings. The molecule has 3 aromatic rings.